The van der Waals surface area contributed by atoms with Crippen LogP contribution in [0.25, 0.3) is 4.91 Å². The summed E-state index contributed by atoms with van der Waals surface area (Å²) >= 11 is 0. The van der Waals surface area contributed by atoms with Gasteiger partial charge in [0.15, 0.2) is 0 Å². The molecule has 1 aromatic rings. The number of sulfonamides is 1. The minimum absolute atomic E-state index is 0.288. The predicted octanol–water partition coefficient (Wildman–Crippen LogP) is 1.99. The normalized spacial score (nSPS) is 24.2. The number of hydrogen-bond donors (Lipinski definition) is 2. The maximum absolute atomic E-state index is 12.6. The van der Waals surface area contributed by atoms with E-state index in [1.807, 2.05) is 30.3 Å². The highest BCUT2D eigenvalue weighted by Gasteiger charge is 2.48. The van der Waals surface area contributed by atoms with Crippen molar-refractivity contribution in [1.29, 1.82) is 0 Å². The molecule has 0 amide bonds. The van der Waals surface area contributed by atoms with E-state index in [9.17, 15) is 8.42 Å². The van der Waals surface area contributed by atoms with Gasteiger partial charge >= 0.3 is 0 Å². The van der Waals surface area contributed by atoms with Gasteiger partial charge in [-0.1, -0.05) is 49.6 Å². The van der Waals surface area contributed by atoms with Gasteiger partial charge in [0.1, 0.15) is 0 Å². The van der Waals surface area contributed by atoms with E-state index in [2.05, 4.69) is 4.72 Å². The van der Waals surface area contributed by atoms with Crippen molar-refractivity contribution in [1.82, 2.24) is 4.72 Å². The van der Waals surface area contributed by atoms with Crippen molar-refractivity contribution in [2.45, 2.75) is 37.6 Å². The molecule has 3 N–H and O–H groups in total. The Kier molecular flexibility index (Phi) is 3.44. The topological polar surface area (TPSA) is 72.2 Å². The van der Waals surface area contributed by atoms with Gasteiger partial charge in [-0.15, -0.1) is 0 Å². The van der Waals surface area contributed by atoms with E-state index in [-0.39, 0.29) is 6.54 Å². The minimum atomic E-state index is -3.46. The molecular weight excluding hydrogens is 272 g/mol. The summed E-state index contributed by atoms with van der Waals surface area (Å²) in [4.78, 5) is 0.405. The standard InChI is InChI=1S/C15H20N2O2S/c16-11-13-14(12-7-3-1-4-8-12)20(18,19)17-15(13)9-5-2-6-10-15/h1,3-4,7-8,17H,2,5-6,9-11,16H2. The molecule has 0 atom stereocenters. The average Bonchev–Trinajstić information content (AvgIpc) is 2.66. The second kappa shape index (κ2) is 4.98. The summed E-state index contributed by atoms with van der Waals surface area (Å²) in [5.41, 5.74) is 7.10. The first-order chi connectivity index (χ1) is 9.59. The number of benzene rings is 1. The van der Waals surface area contributed by atoms with E-state index in [0.717, 1.165) is 36.8 Å². The molecule has 0 aromatic heterocycles. The SMILES string of the molecule is NCC1=C(c2ccccc2)S(=O)(=O)NC12CCCCC2. The van der Waals surface area contributed by atoms with Crippen LogP contribution in [-0.2, 0) is 10.0 Å². The zero-order valence-electron chi connectivity index (χ0n) is 11.4. The molecule has 1 heterocycles. The first kappa shape index (κ1) is 13.8. The molecule has 1 fully saturated rings. The smallest absolute Gasteiger partial charge is 0.242 e. The Balaban J connectivity index is 2.18. The lowest BCUT2D eigenvalue weighted by Crippen LogP contribution is -2.47. The second-order valence-corrected chi connectivity index (χ2v) is 7.25. The quantitative estimate of drug-likeness (QED) is 0.875. The van der Waals surface area contributed by atoms with Gasteiger partial charge in [0, 0.05) is 6.54 Å². The van der Waals surface area contributed by atoms with Gasteiger partial charge in [0.2, 0.25) is 10.0 Å². The molecule has 108 valence electrons. The number of rotatable bonds is 2. The zero-order chi connectivity index (χ0) is 14.2. The van der Waals surface area contributed by atoms with E-state index in [4.69, 9.17) is 5.73 Å². The van der Waals surface area contributed by atoms with Crippen molar-refractivity contribution in [2.24, 2.45) is 5.73 Å². The van der Waals surface area contributed by atoms with Crippen molar-refractivity contribution in [3.8, 4) is 0 Å². The van der Waals surface area contributed by atoms with Gasteiger partial charge in [-0.3, -0.25) is 0 Å². The van der Waals surface area contributed by atoms with E-state index >= 15 is 0 Å². The lowest BCUT2D eigenvalue weighted by atomic mass is 9.76. The van der Waals surface area contributed by atoms with Crippen LogP contribution in [0.4, 0.5) is 0 Å². The van der Waals surface area contributed by atoms with Crippen LogP contribution < -0.4 is 10.5 Å². The molecule has 5 heteroatoms. The Hall–Kier alpha value is -1.17. The Morgan fingerprint density at radius 3 is 2.35 bits per heavy atom. The Morgan fingerprint density at radius 1 is 1.10 bits per heavy atom. The Bertz CT molecular complexity index is 629. The predicted molar refractivity (Wildman–Crippen MR) is 80.3 cm³/mol. The van der Waals surface area contributed by atoms with Crippen molar-refractivity contribution in [3.05, 3.63) is 41.5 Å². The van der Waals surface area contributed by atoms with E-state index < -0.39 is 15.6 Å². The second-order valence-electron chi connectivity index (χ2n) is 5.63. The summed E-state index contributed by atoms with van der Waals surface area (Å²) in [5.74, 6) is 0. The third-order valence-corrected chi connectivity index (χ3v) is 6.08. The molecule has 1 saturated carbocycles. The molecular formula is C15H20N2O2S. The monoisotopic (exact) mass is 292 g/mol. The highest BCUT2D eigenvalue weighted by Crippen LogP contribution is 2.44. The van der Waals surface area contributed by atoms with E-state index in [1.54, 1.807) is 0 Å². The van der Waals surface area contributed by atoms with Gasteiger partial charge in [0.25, 0.3) is 0 Å². The fourth-order valence-electron chi connectivity index (χ4n) is 3.52. The molecule has 0 bridgehead atoms. The molecule has 4 nitrogen and oxygen atoms in total. The Labute approximate surface area is 120 Å². The van der Waals surface area contributed by atoms with Gasteiger partial charge in [0.05, 0.1) is 10.4 Å². The summed E-state index contributed by atoms with van der Waals surface area (Å²) in [5, 5.41) is 0. The van der Waals surface area contributed by atoms with Crippen molar-refractivity contribution in [3.63, 3.8) is 0 Å². The third-order valence-electron chi connectivity index (χ3n) is 4.40. The lowest BCUT2D eigenvalue weighted by molar-refractivity contribution is 0.318. The van der Waals surface area contributed by atoms with Crippen LogP contribution in [0.1, 0.15) is 37.7 Å². The zero-order valence-corrected chi connectivity index (χ0v) is 12.2. The van der Waals surface area contributed by atoms with Crippen LogP contribution in [0.5, 0.6) is 0 Å². The lowest BCUT2D eigenvalue weighted by Gasteiger charge is -2.35. The summed E-state index contributed by atoms with van der Waals surface area (Å²) in [6.45, 7) is 0.288. The highest BCUT2D eigenvalue weighted by molar-refractivity contribution is 7.99. The van der Waals surface area contributed by atoms with Gasteiger partial charge in [-0.25, -0.2) is 13.1 Å². The molecule has 1 aliphatic carbocycles. The van der Waals surface area contributed by atoms with Crippen LogP contribution in [-0.4, -0.2) is 20.5 Å². The number of nitrogens with one attached hydrogen (secondary N) is 1. The molecule has 0 unspecified atom stereocenters. The Morgan fingerprint density at radius 2 is 1.75 bits per heavy atom. The third kappa shape index (κ3) is 2.10. The van der Waals surface area contributed by atoms with Crippen molar-refractivity contribution < 1.29 is 8.42 Å². The maximum atomic E-state index is 12.6. The maximum Gasteiger partial charge on any atom is 0.242 e. The van der Waals surface area contributed by atoms with E-state index in [1.165, 1.54) is 6.42 Å². The molecule has 0 radical (unpaired) electrons. The largest absolute Gasteiger partial charge is 0.327 e. The fourth-order valence-corrected chi connectivity index (χ4v) is 5.51. The molecule has 20 heavy (non-hydrogen) atoms. The van der Waals surface area contributed by atoms with Crippen LogP contribution >= 0.6 is 0 Å². The summed E-state index contributed by atoms with van der Waals surface area (Å²) in [6, 6.07) is 9.28. The molecule has 2 aliphatic rings. The number of hydrogen-bond acceptors (Lipinski definition) is 3. The molecule has 1 aromatic carbocycles. The molecule has 1 spiro atoms. The molecule has 1 aliphatic heterocycles. The van der Waals surface area contributed by atoms with Crippen LogP contribution in [0.2, 0.25) is 0 Å². The van der Waals surface area contributed by atoms with Crippen molar-refractivity contribution in [2.75, 3.05) is 6.54 Å². The number of nitrogens with two attached hydrogens (primary N) is 1. The van der Waals surface area contributed by atoms with Crippen LogP contribution in [0, 0.1) is 0 Å². The van der Waals surface area contributed by atoms with Gasteiger partial charge in [-0.05, 0) is 24.0 Å². The van der Waals surface area contributed by atoms with Gasteiger partial charge < -0.3 is 5.73 Å². The highest BCUT2D eigenvalue weighted by atomic mass is 32.2. The summed E-state index contributed by atoms with van der Waals surface area (Å²) in [6.07, 6.45) is 4.98. The first-order valence-electron chi connectivity index (χ1n) is 7.12. The van der Waals surface area contributed by atoms with Crippen LogP contribution in [0.3, 0.4) is 0 Å². The summed E-state index contributed by atoms with van der Waals surface area (Å²) < 4.78 is 28.1. The minimum Gasteiger partial charge on any atom is -0.327 e. The molecule has 0 saturated heterocycles. The van der Waals surface area contributed by atoms with Crippen LogP contribution in [0.15, 0.2) is 35.9 Å². The molecule has 3 rings (SSSR count). The summed E-state index contributed by atoms with van der Waals surface area (Å²) in [7, 11) is -3.46. The average molecular weight is 292 g/mol. The van der Waals surface area contributed by atoms with Gasteiger partial charge in [-0.2, -0.15) is 0 Å². The van der Waals surface area contributed by atoms with E-state index in [0.29, 0.717) is 4.91 Å². The first-order valence-corrected chi connectivity index (χ1v) is 8.60. The van der Waals surface area contributed by atoms with Crippen molar-refractivity contribution >= 4 is 14.9 Å². The fraction of sp³-hybridized carbons (Fsp3) is 0.467.